The lowest BCUT2D eigenvalue weighted by atomic mass is 9.36. The molecule has 2 spiro atoms. The lowest BCUT2D eigenvalue weighted by molar-refractivity contribution is 0.794. The summed E-state index contributed by atoms with van der Waals surface area (Å²) in [5.74, 6) is 0.422. The van der Waals surface area contributed by atoms with Crippen molar-refractivity contribution in [2.45, 2.75) is 30.6 Å². The van der Waals surface area contributed by atoms with Crippen LogP contribution in [0.15, 0.2) is 231 Å². The number of hydrogen-bond donors (Lipinski definition) is 0. The molecule has 0 saturated heterocycles. The maximum atomic E-state index is 2.69. The molecule has 2 aliphatic heterocycles. The van der Waals surface area contributed by atoms with Gasteiger partial charge >= 0.3 is 0 Å². The Labute approximate surface area is 430 Å². The van der Waals surface area contributed by atoms with Gasteiger partial charge in [0.2, 0.25) is 0 Å². The summed E-state index contributed by atoms with van der Waals surface area (Å²) in [6.45, 7) is 4.53. The van der Waals surface area contributed by atoms with Crippen molar-refractivity contribution in [1.82, 2.24) is 0 Å². The first-order valence-corrected chi connectivity index (χ1v) is 26.7. The van der Waals surface area contributed by atoms with Gasteiger partial charge in [0.1, 0.15) is 0 Å². The molecular formula is C69H45BN2S. The van der Waals surface area contributed by atoms with Crippen LogP contribution < -0.4 is 25.5 Å². The van der Waals surface area contributed by atoms with E-state index >= 15 is 0 Å². The number of benzene rings is 10. The Morgan fingerprint density at radius 3 is 1.38 bits per heavy atom. The summed E-state index contributed by atoms with van der Waals surface area (Å²) in [7, 11) is 0. The molecule has 340 valence electrons. The van der Waals surface area contributed by atoms with E-state index in [1.165, 1.54) is 138 Å². The van der Waals surface area contributed by atoms with Crippen molar-refractivity contribution in [3.05, 3.63) is 280 Å². The molecule has 0 bridgehead atoms. The van der Waals surface area contributed by atoms with Gasteiger partial charge in [-0.1, -0.05) is 202 Å². The Hall–Kier alpha value is -8.44. The van der Waals surface area contributed by atoms with Gasteiger partial charge in [0.25, 0.3) is 6.71 Å². The average Bonchev–Trinajstić information content (AvgIpc) is 4.23. The smallest absolute Gasteiger partial charge is 0.264 e. The van der Waals surface area contributed by atoms with Gasteiger partial charge in [-0.15, -0.1) is 11.3 Å². The van der Waals surface area contributed by atoms with Crippen LogP contribution in [0.4, 0.5) is 34.1 Å². The molecule has 0 unspecified atom stereocenters. The molecule has 0 atom stereocenters. The number of fused-ring (bicyclic) bond motifs is 25. The van der Waals surface area contributed by atoms with E-state index in [4.69, 9.17) is 0 Å². The SMILES string of the molecule is CC(C)c1ccc(N2c3cccc4c3B(c3cc5c(cc3N4c3ccccc3)-c3ccccc3C53c4ccccc4-c4ccccc43)c3sc4c(c32)-c2ccccc2C42c3ccccc3-c3ccccc32)cc1. The van der Waals surface area contributed by atoms with E-state index in [1.807, 2.05) is 0 Å². The van der Waals surface area contributed by atoms with Crippen LogP contribution in [0.1, 0.15) is 69.2 Å². The van der Waals surface area contributed by atoms with Gasteiger partial charge in [-0.3, -0.25) is 0 Å². The summed E-state index contributed by atoms with van der Waals surface area (Å²) >= 11 is 2.07. The van der Waals surface area contributed by atoms with E-state index in [1.54, 1.807) is 0 Å². The first-order chi connectivity index (χ1) is 36.1. The summed E-state index contributed by atoms with van der Waals surface area (Å²) < 4.78 is 1.40. The summed E-state index contributed by atoms with van der Waals surface area (Å²) in [6, 6.07) is 88.6. The van der Waals surface area contributed by atoms with Gasteiger partial charge < -0.3 is 9.80 Å². The molecule has 10 aromatic carbocycles. The maximum Gasteiger partial charge on any atom is 0.264 e. The molecule has 1 aromatic heterocycles. The number of rotatable bonds is 3. The molecule has 0 N–H and O–H groups in total. The van der Waals surface area contributed by atoms with E-state index in [0.29, 0.717) is 5.92 Å². The number of anilines is 6. The Morgan fingerprint density at radius 2 is 0.836 bits per heavy atom. The lowest BCUT2D eigenvalue weighted by Gasteiger charge is -2.44. The highest BCUT2D eigenvalue weighted by atomic mass is 32.1. The minimum atomic E-state index is -0.481. The summed E-state index contributed by atoms with van der Waals surface area (Å²) in [5, 5.41) is 0. The standard InChI is InChI=1S/C69H45BN2S/c1-41(2)42-35-37-44(38-36-42)72-61-34-18-33-60-64(61)70(67-65(72)63-50-26-11-17-32-57(50)69(66(63)73-67)55-30-15-8-23-47(55)48-24-9-16-31-56(48)69)59-40-58-51(39-62(59)71(60)43-19-4-3-5-20-43)49-25-10-14-29-54(49)68(58)52-27-12-6-21-45(52)46-22-7-13-28-53(46)68/h3-41H,1-2H3. The van der Waals surface area contributed by atoms with Crippen LogP contribution >= 0.6 is 11.3 Å². The number of thiophene rings is 1. The van der Waals surface area contributed by atoms with Gasteiger partial charge in [-0.2, -0.15) is 0 Å². The van der Waals surface area contributed by atoms with E-state index in [0.717, 1.165) is 5.69 Å². The predicted molar refractivity (Wildman–Crippen MR) is 305 cm³/mol. The second-order valence-corrected chi connectivity index (χ2v) is 22.2. The van der Waals surface area contributed by atoms with Gasteiger partial charge in [0.15, 0.2) is 0 Å². The highest BCUT2D eigenvalue weighted by Crippen LogP contribution is 2.68. The number of nitrogens with zero attached hydrogens (tertiary/aromatic N) is 2. The Balaban J connectivity index is 1.03. The summed E-state index contributed by atoms with van der Waals surface area (Å²) in [5.41, 5.74) is 30.7. The minimum Gasteiger partial charge on any atom is -0.311 e. The van der Waals surface area contributed by atoms with Crippen LogP contribution in [0, 0.1) is 0 Å². The molecule has 0 saturated carbocycles. The molecule has 4 aliphatic carbocycles. The van der Waals surface area contributed by atoms with Crippen molar-refractivity contribution >= 4 is 67.9 Å². The Bertz CT molecular complexity index is 4130. The Kier molecular flexibility index (Phi) is 7.80. The second-order valence-electron chi connectivity index (χ2n) is 21.1. The highest BCUT2D eigenvalue weighted by Gasteiger charge is 2.58. The summed E-state index contributed by atoms with van der Waals surface area (Å²) in [6.07, 6.45) is 0. The van der Waals surface area contributed by atoms with Crippen LogP contribution in [0.25, 0.3) is 44.5 Å². The molecule has 73 heavy (non-hydrogen) atoms. The molecule has 3 heterocycles. The maximum absolute atomic E-state index is 2.69. The van der Waals surface area contributed by atoms with Crippen LogP contribution in [-0.2, 0) is 10.8 Å². The van der Waals surface area contributed by atoms with Crippen LogP contribution in [0.3, 0.4) is 0 Å². The second kappa shape index (κ2) is 14.2. The van der Waals surface area contributed by atoms with E-state index in [-0.39, 0.29) is 6.71 Å². The zero-order valence-electron chi connectivity index (χ0n) is 40.4. The van der Waals surface area contributed by atoms with Crippen molar-refractivity contribution in [2.24, 2.45) is 0 Å². The molecular weight excluding hydrogens is 900 g/mol. The fourth-order valence-electron chi connectivity index (χ4n) is 14.9. The van der Waals surface area contributed by atoms with Crippen LogP contribution in [-0.4, -0.2) is 6.71 Å². The number of hydrogen-bond acceptors (Lipinski definition) is 3. The monoisotopic (exact) mass is 944 g/mol. The molecule has 0 radical (unpaired) electrons. The van der Waals surface area contributed by atoms with Crippen molar-refractivity contribution in [1.29, 1.82) is 0 Å². The van der Waals surface area contributed by atoms with Crippen molar-refractivity contribution in [3.8, 4) is 44.5 Å². The third kappa shape index (κ3) is 4.74. The normalized spacial score (nSPS) is 15.2. The van der Waals surface area contributed by atoms with Gasteiger partial charge in [0.05, 0.1) is 16.5 Å². The molecule has 6 aliphatic rings. The highest BCUT2D eigenvalue weighted by molar-refractivity contribution is 7.30. The van der Waals surface area contributed by atoms with E-state index in [9.17, 15) is 0 Å². The first kappa shape index (κ1) is 40.2. The Morgan fingerprint density at radius 1 is 0.384 bits per heavy atom. The first-order valence-electron chi connectivity index (χ1n) is 25.9. The van der Waals surface area contributed by atoms with E-state index < -0.39 is 10.8 Å². The zero-order valence-corrected chi connectivity index (χ0v) is 41.2. The average molecular weight is 945 g/mol. The minimum absolute atomic E-state index is 0.0630. The molecule has 17 rings (SSSR count). The molecule has 0 fully saturated rings. The molecule has 4 heteroatoms. The van der Waals surface area contributed by atoms with Crippen molar-refractivity contribution < 1.29 is 0 Å². The largest absolute Gasteiger partial charge is 0.311 e. The van der Waals surface area contributed by atoms with Gasteiger partial charge in [0, 0.05) is 43.7 Å². The molecule has 2 nitrogen and oxygen atoms in total. The van der Waals surface area contributed by atoms with Gasteiger partial charge in [-0.05, 0) is 143 Å². The third-order valence-electron chi connectivity index (χ3n) is 17.6. The number of para-hydroxylation sites is 1. The van der Waals surface area contributed by atoms with Crippen LogP contribution in [0.5, 0.6) is 0 Å². The van der Waals surface area contributed by atoms with Crippen molar-refractivity contribution in [3.63, 3.8) is 0 Å². The topological polar surface area (TPSA) is 6.48 Å². The lowest BCUT2D eigenvalue weighted by Crippen LogP contribution is -2.60. The quantitative estimate of drug-likeness (QED) is 0.163. The zero-order chi connectivity index (χ0) is 47.9. The van der Waals surface area contributed by atoms with Gasteiger partial charge in [-0.25, -0.2) is 0 Å². The molecule has 11 aromatic rings. The predicted octanol–water partition coefficient (Wildman–Crippen LogP) is 15.6. The van der Waals surface area contributed by atoms with E-state index in [2.05, 4.69) is 266 Å². The fraction of sp³-hybridized carbons (Fsp3) is 0.0725. The summed E-state index contributed by atoms with van der Waals surface area (Å²) in [4.78, 5) is 6.67. The fourth-order valence-corrected chi connectivity index (χ4v) is 16.6. The molecule has 0 amide bonds. The third-order valence-corrected chi connectivity index (χ3v) is 19.0. The van der Waals surface area contributed by atoms with Crippen molar-refractivity contribution in [2.75, 3.05) is 9.80 Å². The van der Waals surface area contributed by atoms with Crippen LogP contribution in [0.2, 0.25) is 0 Å².